The zero-order valence-corrected chi connectivity index (χ0v) is 11.3. The highest BCUT2D eigenvalue weighted by Gasteiger charge is 2.18. The Balaban J connectivity index is 1.89. The quantitative estimate of drug-likeness (QED) is 0.850. The molecule has 0 bridgehead atoms. The average Bonchev–Trinajstić information content (AvgIpc) is 2.41. The van der Waals surface area contributed by atoms with Gasteiger partial charge in [0.2, 0.25) is 0 Å². The monoisotopic (exact) mass is 248 g/mol. The molecule has 0 amide bonds. The van der Waals surface area contributed by atoms with Crippen molar-refractivity contribution in [3.63, 3.8) is 0 Å². The van der Waals surface area contributed by atoms with Gasteiger partial charge in [0.1, 0.15) is 5.75 Å². The van der Waals surface area contributed by atoms with Crippen LogP contribution in [0.1, 0.15) is 57.1 Å². The van der Waals surface area contributed by atoms with Crippen LogP contribution in [0.3, 0.4) is 0 Å². The molecular weight excluding hydrogens is 224 g/mol. The standard InChI is InChI=1S/C16H24O2/c1-2-18-15-10-8-14(9-11-15)16(17)12-13-6-4-3-5-7-13/h8-11,13,16-17H,2-7,12H2,1H3. The maximum Gasteiger partial charge on any atom is 0.119 e. The van der Waals surface area contributed by atoms with E-state index in [4.69, 9.17) is 4.74 Å². The maximum atomic E-state index is 10.3. The Labute approximate surface area is 110 Å². The van der Waals surface area contributed by atoms with E-state index in [9.17, 15) is 5.11 Å². The highest BCUT2D eigenvalue weighted by Crippen LogP contribution is 2.32. The zero-order chi connectivity index (χ0) is 12.8. The number of aliphatic hydroxyl groups excluding tert-OH is 1. The van der Waals surface area contributed by atoms with Crippen LogP contribution in [0.5, 0.6) is 5.75 Å². The van der Waals surface area contributed by atoms with E-state index in [2.05, 4.69) is 0 Å². The summed E-state index contributed by atoms with van der Waals surface area (Å²) in [5, 5.41) is 10.3. The Kier molecular flexibility index (Phi) is 5.06. The molecule has 18 heavy (non-hydrogen) atoms. The van der Waals surface area contributed by atoms with Crippen LogP contribution in [-0.4, -0.2) is 11.7 Å². The summed E-state index contributed by atoms with van der Waals surface area (Å²) in [6, 6.07) is 7.86. The normalized spacial score (nSPS) is 18.6. The molecule has 2 nitrogen and oxygen atoms in total. The van der Waals surface area contributed by atoms with Gasteiger partial charge in [0.25, 0.3) is 0 Å². The van der Waals surface area contributed by atoms with Crippen molar-refractivity contribution < 1.29 is 9.84 Å². The molecule has 0 heterocycles. The first kappa shape index (κ1) is 13.4. The minimum absolute atomic E-state index is 0.316. The minimum atomic E-state index is -0.316. The van der Waals surface area contributed by atoms with Gasteiger partial charge >= 0.3 is 0 Å². The SMILES string of the molecule is CCOc1ccc(C(O)CC2CCCCC2)cc1. The Bertz CT molecular complexity index is 339. The smallest absolute Gasteiger partial charge is 0.119 e. The van der Waals surface area contributed by atoms with Gasteiger partial charge in [-0.05, 0) is 37.0 Å². The van der Waals surface area contributed by atoms with Crippen LogP contribution in [0.4, 0.5) is 0 Å². The molecule has 1 aromatic carbocycles. The molecule has 1 atom stereocenters. The van der Waals surface area contributed by atoms with Crippen LogP contribution >= 0.6 is 0 Å². The number of benzene rings is 1. The summed E-state index contributed by atoms with van der Waals surface area (Å²) in [6.07, 6.45) is 7.21. The van der Waals surface area contributed by atoms with Gasteiger partial charge in [0.05, 0.1) is 12.7 Å². The third-order valence-electron chi connectivity index (χ3n) is 3.86. The Morgan fingerprint density at radius 3 is 2.44 bits per heavy atom. The van der Waals surface area contributed by atoms with E-state index in [1.807, 2.05) is 31.2 Å². The van der Waals surface area contributed by atoms with Gasteiger partial charge in [-0.2, -0.15) is 0 Å². The van der Waals surface area contributed by atoms with Crippen LogP contribution in [0.25, 0.3) is 0 Å². The van der Waals surface area contributed by atoms with Crippen LogP contribution in [0.15, 0.2) is 24.3 Å². The molecule has 1 aromatic rings. The average molecular weight is 248 g/mol. The van der Waals surface area contributed by atoms with E-state index in [-0.39, 0.29) is 6.10 Å². The van der Waals surface area contributed by atoms with Crippen molar-refractivity contribution in [1.29, 1.82) is 0 Å². The van der Waals surface area contributed by atoms with Gasteiger partial charge in [0, 0.05) is 0 Å². The van der Waals surface area contributed by atoms with Crippen LogP contribution in [0.2, 0.25) is 0 Å². The summed E-state index contributed by atoms with van der Waals surface area (Å²) in [5.74, 6) is 1.59. The molecule has 1 aliphatic rings. The lowest BCUT2D eigenvalue weighted by Crippen LogP contribution is -2.11. The molecule has 0 aliphatic heterocycles. The van der Waals surface area contributed by atoms with Crippen LogP contribution in [0, 0.1) is 5.92 Å². The van der Waals surface area contributed by atoms with Crippen molar-refractivity contribution in [3.8, 4) is 5.75 Å². The molecule has 0 radical (unpaired) electrons. The van der Waals surface area contributed by atoms with Crippen molar-refractivity contribution in [3.05, 3.63) is 29.8 Å². The number of rotatable bonds is 5. The summed E-state index contributed by atoms with van der Waals surface area (Å²) in [4.78, 5) is 0. The van der Waals surface area contributed by atoms with Gasteiger partial charge < -0.3 is 9.84 Å². The Morgan fingerprint density at radius 1 is 1.17 bits per heavy atom. The molecule has 2 heteroatoms. The summed E-state index contributed by atoms with van der Waals surface area (Å²) in [7, 11) is 0. The molecule has 0 aromatic heterocycles. The fourth-order valence-corrected chi connectivity index (χ4v) is 2.83. The van der Waals surface area contributed by atoms with E-state index in [1.54, 1.807) is 0 Å². The second-order valence-corrected chi connectivity index (χ2v) is 5.26. The zero-order valence-electron chi connectivity index (χ0n) is 11.3. The summed E-state index contributed by atoms with van der Waals surface area (Å²) in [5.41, 5.74) is 1.02. The largest absolute Gasteiger partial charge is 0.494 e. The predicted molar refractivity (Wildman–Crippen MR) is 73.8 cm³/mol. The number of ether oxygens (including phenoxy) is 1. The van der Waals surface area contributed by atoms with E-state index in [1.165, 1.54) is 32.1 Å². The summed E-state index contributed by atoms with van der Waals surface area (Å²) < 4.78 is 5.41. The van der Waals surface area contributed by atoms with Gasteiger partial charge in [-0.15, -0.1) is 0 Å². The van der Waals surface area contributed by atoms with E-state index < -0.39 is 0 Å². The highest BCUT2D eigenvalue weighted by molar-refractivity contribution is 5.28. The van der Waals surface area contributed by atoms with E-state index >= 15 is 0 Å². The molecule has 2 rings (SSSR count). The molecule has 1 aliphatic carbocycles. The first-order valence-electron chi connectivity index (χ1n) is 7.20. The highest BCUT2D eigenvalue weighted by atomic mass is 16.5. The first-order chi connectivity index (χ1) is 8.79. The second kappa shape index (κ2) is 6.79. The Hall–Kier alpha value is -1.02. The minimum Gasteiger partial charge on any atom is -0.494 e. The molecular formula is C16H24O2. The topological polar surface area (TPSA) is 29.5 Å². The fourth-order valence-electron chi connectivity index (χ4n) is 2.83. The third-order valence-corrected chi connectivity index (χ3v) is 3.86. The van der Waals surface area contributed by atoms with E-state index in [0.29, 0.717) is 12.5 Å². The molecule has 1 fully saturated rings. The third kappa shape index (κ3) is 3.74. The Morgan fingerprint density at radius 2 is 1.83 bits per heavy atom. The predicted octanol–water partition coefficient (Wildman–Crippen LogP) is 4.09. The molecule has 1 N–H and O–H groups in total. The lowest BCUT2D eigenvalue weighted by atomic mass is 9.84. The van der Waals surface area contributed by atoms with Crippen LogP contribution < -0.4 is 4.74 Å². The summed E-state index contributed by atoms with van der Waals surface area (Å²) >= 11 is 0. The molecule has 100 valence electrons. The van der Waals surface area contributed by atoms with Crippen molar-refractivity contribution in [2.75, 3.05) is 6.61 Å². The van der Waals surface area contributed by atoms with Gasteiger partial charge in [-0.1, -0.05) is 44.2 Å². The van der Waals surface area contributed by atoms with Crippen LogP contribution in [-0.2, 0) is 0 Å². The molecule has 0 saturated heterocycles. The van der Waals surface area contributed by atoms with Gasteiger partial charge in [-0.25, -0.2) is 0 Å². The fraction of sp³-hybridized carbons (Fsp3) is 0.625. The van der Waals surface area contributed by atoms with Crippen molar-refractivity contribution in [2.45, 2.75) is 51.6 Å². The van der Waals surface area contributed by atoms with Gasteiger partial charge in [0.15, 0.2) is 0 Å². The maximum absolute atomic E-state index is 10.3. The van der Waals surface area contributed by atoms with Gasteiger partial charge in [-0.3, -0.25) is 0 Å². The molecule has 0 spiro atoms. The lowest BCUT2D eigenvalue weighted by molar-refractivity contribution is 0.131. The van der Waals surface area contributed by atoms with Crippen molar-refractivity contribution in [2.24, 2.45) is 5.92 Å². The lowest BCUT2D eigenvalue weighted by Gasteiger charge is -2.24. The number of hydrogen-bond acceptors (Lipinski definition) is 2. The van der Waals surface area contributed by atoms with Crippen molar-refractivity contribution >= 4 is 0 Å². The second-order valence-electron chi connectivity index (χ2n) is 5.26. The summed E-state index contributed by atoms with van der Waals surface area (Å²) in [6.45, 7) is 2.66. The number of aliphatic hydroxyl groups is 1. The molecule has 1 unspecified atom stereocenters. The first-order valence-corrected chi connectivity index (χ1v) is 7.20. The number of hydrogen-bond donors (Lipinski definition) is 1. The van der Waals surface area contributed by atoms with Crippen molar-refractivity contribution in [1.82, 2.24) is 0 Å². The van der Waals surface area contributed by atoms with E-state index in [0.717, 1.165) is 17.7 Å². The molecule has 1 saturated carbocycles.